The number of amides is 1. The van der Waals surface area contributed by atoms with Gasteiger partial charge in [0.25, 0.3) is 0 Å². The van der Waals surface area contributed by atoms with Crippen LogP contribution in [0.25, 0.3) is 16.3 Å². The molecule has 5 rings (SSSR count). The zero-order valence-electron chi connectivity index (χ0n) is 17.4. The second-order valence-electron chi connectivity index (χ2n) is 7.65. The fraction of sp³-hybridized carbons (Fsp3) is 0.261. The van der Waals surface area contributed by atoms with Crippen molar-refractivity contribution in [3.63, 3.8) is 0 Å². The lowest BCUT2D eigenvalue weighted by molar-refractivity contribution is -0.129. The van der Waals surface area contributed by atoms with Crippen molar-refractivity contribution in [1.29, 1.82) is 0 Å². The molecule has 158 valence electrons. The maximum Gasteiger partial charge on any atom is 0.242 e. The number of carbonyl (C=O) groups excluding carboxylic acids is 1. The first kappa shape index (κ1) is 20.1. The van der Waals surface area contributed by atoms with Crippen molar-refractivity contribution in [2.75, 3.05) is 13.1 Å². The van der Waals surface area contributed by atoms with E-state index in [1.165, 1.54) is 0 Å². The number of aryl methyl sites for hydroxylation is 1. The van der Waals surface area contributed by atoms with Gasteiger partial charge in [0.15, 0.2) is 0 Å². The van der Waals surface area contributed by atoms with Crippen LogP contribution in [0.1, 0.15) is 28.7 Å². The van der Waals surface area contributed by atoms with Crippen molar-refractivity contribution in [2.24, 2.45) is 0 Å². The second-order valence-corrected chi connectivity index (χ2v) is 9.29. The van der Waals surface area contributed by atoms with E-state index in [9.17, 15) is 4.79 Å². The molecular formula is C23H23N5OS2. The molecule has 31 heavy (non-hydrogen) atoms. The molecule has 1 aliphatic heterocycles. The number of rotatable bonds is 5. The molecule has 6 nitrogen and oxygen atoms in total. The first-order chi connectivity index (χ1) is 15.1. The van der Waals surface area contributed by atoms with Crippen molar-refractivity contribution in [3.8, 4) is 16.3 Å². The quantitative estimate of drug-likeness (QED) is 0.492. The summed E-state index contributed by atoms with van der Waals surface area (Å²) in [6.07, 6.45) is 0. The molecule has 1 unspecified atom stereocenters. The van der Waals surface area contributed by atoms with Crippen LogP contribution in [0.4, 0.5) is 0 Å². The van der Waals surface area contributed by atoms with Crippen LogP contribution >= 0.6 is 22.7 Å². The Balaban J connectivity index is 1.47. The van der Waals surface area contributed by atoms with Gasteiger partial charge in [-0.15, -0.1) is 11.3 Å². The van der Waals surface area contributed by atoms with Crippen LogP contribution in [0.5, 0.6) is 0 Å². The summed E-state index contributed by atoms with van der Waals surface area (Å²) in [6.45, 7) is 6.08. The SMILES string of the molecule is Cc1nn(-c2ccccc2)c(C)c1C1C(=O)NCCN1Cc1csc(-c2ccsc2)n1. The van der Waals surface area contributed by atoms with Gasteiger partial charge in [0.05, 0.1) is 17.1 Å². The molecule has 1 aliphatic rings. The molecule has 0 radical (unpaired) electrons. The van der Waals surface area contributed by atoms with Crippen LogP contribution in [-0.2, 0) is 11.3 Å². The lowest BCUT2D eigenvalue weighted by atomic mass is 10.00. The normalized spacial score (nSPS) is 17.1. The highest BCUT2D eigenvalue weighted by molar-refractivity contribution is 7.14. The van der Waals surface area contributed by atoms with Gasteiger partial charge >= 0.3 is 0 Å². The second kappa shape index (κ2) is 8.37. The van der Waals surface area contributed by atoms with Crippen LogP contribution in [0.2, 0.25) is 0 Å². The van der Waals surface area contributed by atoms with Crippen LogP contribution in [0.3, 0.4) is 0 Å². The summed E-state index contributed by atoms with van der Waals surface area (Å²) in [5, 5.41) is 15.1. The smallest absolute Gasteiger partial charge is 0.242 e. The molecule has 8 heteroatoms. The predicted molar refractivity (Wildman–Crippen MR) is 125 cm³/mol. The number of carbonyl (C=O) groups is 1. The summed E-state index contributed by atoms with van der Waals surface area (Å²) >= 11 is 3.33. The van der Waals surface area contributed by atoms with Gasteiger partial charge < -0.3 is 5.32 Å². The number of aromatic nitrogens is 3. The van der Waals surface area contributed by atoms with Gasteiger partial charge in [-0.25, -0.2) is 9.67 Å². The van der Waals surface area contributed by atoms with E-state index in [0.717, 1.165) is 45.4 Å². The highest BCUT2D eigenvalue weighted by atomic mass is 32.1. The van der Waals surface area contributed by atoms with E-state index in [-0.39, 0.29) is 11.9 Å². The van der Waals surface area contributed by atoms with Gasteiger partial charge in [0.1, 0.15) is 11.0 Å². The summed E-state index contributed by atoms with van der Waals surface area (Å²) in [5.74, 6) is 0.0262. The summed E-state index contributed by atoms with van der Waals surface area (Å²) in [7, 11) is 0. The fourth-order valence-corrected chi connectivity index (χ4v) is 5.70. The molecule has 1 saturated heterocycles. The number of hydrogen-bond acceptors (Lipinski definition) is 6. The average Bonchev–Trinajstić information content (AvgIpc) is 3.51. The monoisotopic (exact) mass is 449 g/mol. The number of thiazole rings is 1. The Morgan fingerprint density at radius 2 is 2.00 bits per heavy atom. The Bertz CT molecular complexity index is 1200. The third kappa shape index (κ3) is 3.82. The lowest BCUT2D eigenvalue weighted by Crippen LogP contribution is -2.49. The molecule has 1 aromatic carbocycles. The number of nitrogens with one attached hydrogen (secondary N) is 1. The van der Waals surface area contributed by atoms with E-state index in [1.54, 1.807) is 22.7 Å². The number of piperazine rings is 1. The lowest BCUT2D eigenvalue weighted by Gasteiger charge is -2.35. The first-order valence-corrected chi connectivity index (χ1v) is 12.0. The van der Waals surface area contributed by atoms with Crippen LogP contribution in [0, 0.1) is 13.8 Å². The molecule has 4 heterocycles. The molecule has 3 aromatic heterocycles. The van der Waals surface area contributed by atoms with E-state index in [1.807, 2.05) is 48.9 Å². The highest BCUT2D eigenvalue weighted by Gasteiger charge is 2.35. The topological polar surface area (TPSA) is 63.1 Å². The molecule has 0 aliphatic carbocycles. The Labute approximate surface area is 189 Å². The van der Waals surface area contributed by atoms with Gasteiger partial charge in [-0.05, 0) is 37.4 Å². The number of thiophene rings is 1. The molecule has 0 bridgehead atoms. The van der Waals surface area contributed by atoms with Gasteiger partial charge in [-0.1, -0.05) is 18.2 Å². The molecule has 1 atom stereocenters. The van der Waals surface area contributed by atoms with Crippen LogP contribution < -0.4 is 5.32 Å². The molecular weight excluding hydrogens is 426 g/mol. The van der Waals surface area contributed by atoms with Crippen molar-refractivity contribution in [1.82, 2.24) is 25.0 Å². The van der Waals surface area contributed by atoms with Gasteiger partial charge in [-0.3, -0.25) is 9.69 Å². The summed E-state index contributed by atoms with van der Waals surface area (Å²) in [4.78, 5) is 20.1. The zero-order valence-corrected chi connectivity index (χ0v) is 19.0. The van der Waals surface area contributed by atoms with Crippen molar-refractivity contribution < 1.29 is 4.79 Å². The van der Waals surface area contributed by atoms with E-state index in [4.69, 9.17) is 10.1 Å². The Morgan fingerprint density at radius 3 is 2.77 bits per heavy atom. The average molecular weight is 450 g/mol. The molecule has 0 spiro atoms. The molecule has 4 aromatic rings. The molecule has 1 amide bonds. The van der Waals surface area contributed by atoms with E-state index < -0.39 is 0 Å². The fourth-order valence-electron chi connectivity index (χ4n) is 4.18. The van der Waals surface area contributed by atoms with Gasteiger partial charge in [0, 0.05) is 47.2 Å². The third-order valence-electron chi connectivity index (χ3n) is 5.62. The van der Waals surface area contributed by atoms with E-state index in [0.29, 0.717) is 13.1 Å². The Hall–Kier alpha value is -2.81. The highest BCUT2D eigenvalue weighted by Crippen LogP contribution is 2.32. The predicted octanol–water partition coefficient (Wildman–Crippen LogP) is 4.35. The number of hydrogen-bond donors (Lipinski definition) is 1. The minimum atomic E-state index is -0.377. The molecule has 1 N–H and O–H groups in total. The summed E-state index contributed by atoms with van der Waals surface area (Å²) in [6, 6.07) is 11.8. The number of para-hydroxylation sites is 1. The van der Waals surface area contributed by atoms with E-state index >= 15 is 0 Å². The minimum Gasteiger partial charge on any atom is -0.353 e. The zero-order chi connectivity index (χ0) is 21.4. The van der Waals surface area contributed by atoms with Crippen LogP contribution in [0.15, 0.2) is 52.5 Å². The Morgan fingerprint density at radius 1 is 1.16 bits per heavy atom. The van der Waals surface area contributed by atoms with E-state index in [2.05, 4.69) is 32.4 Å². The summed E-state index contributed by atoms with van der Waals surface area (Å²) < 4.78 is 1.93. The standard InChI is InChI=1S/C23H23N5OS2/c1-15-20(16(2)28(26-15)19-6-4-3-5-7-19)21-22(29)24-9-10-27(21)12-18-14-31-23(25-18)17-8-11-30-13-17/h3-8,11,13-14,21H,9-10,12H2,1-2H3,(H,24,29). The first-order valence-electron chi connectivity index (χ1n) is 10.2. The summed E-state index contributed by atoms with van der Waals surface area (Å²) in [5.41, 5.74) is 6.01. The molecule has 1 fully saturated rings. The van der Waals surface area contributed by atoms with Crippen molar-refractivity contribution in [3.05, 3.63) is 75.2 Å². The largest absolute Gasteiger partial charge is 0.353 e. The minimum absolute atomic E-state index is 0.0262. The van der Waals surface area contributed by atoms with Crippen LogP contribution in [-0.4, -0.2) is 38.7 Å². The Kier molecular flexibility index (Phi) is 5.43. The van der Waals surface area contributed by atoms with Gasteiger partial charge in [-0.2, -0.15) is 16.4 Å². The van der Waals surface area contributed by atoms with Crippen molar-refractivity contribution >= 4 is 28.6 Å². The maximum absolute atomic E-state index is 13.0. The number of benzene rings is 1. The molecule has 0 saturated carbocycles. The third-order valence-corrected chi connectivity index (χ3v) is 7.24. The van der Waals surface area contributed by atoms with Gasteiger partial charge in [0.2, 0.25) is 5.91 Å². The maximum atomic E-state index is 13.0. The number of nitrogens with zero attached hydrogens (tertiary/aromatic N) is 4. The van der Waals surface area contributed by atoms with Crippen molar-refractivity contribution in [2.45, 2.75) is 26.4 Å².